The van der Waals surface area contributed by atoms with Crippen LogP contribution in [0.2, 0.25) is 0 Å². The molecule has 1 heterocycles. The molecule has 2 rings (SSSR count). The Balaban J connectivity index is 2.24. The number of aryl methyl sites for hydroxylation is 1. The molecule has 0 unspecified atom stereocenters. The van der Waals surface area contributed by atoms with Gasteiger partial charge in [0.15, 0.2) is 0 Å². The summed E-state index contributed by atoms with van der Waals surface area (Å²) in [5.74, 6) is -0.240. The molecule has 0 saturated heterocycles. The summed E-state index contributed by atoms with van der Waals surface area (Å²) in [4.78, 5) is 13.0. The number of hydrogen-bond acceptors (Lipinski definition) is 4. The van der Waals surface area contributed by atoms with Crippen LogP contribution in [0.1, 0.15) is 36.0 Å². The highest BCUT2D eigenvalue weighted by atomic mass is 32.2. The molecule has 5 nitrogen and oxygen atoms in total. The largest absolute Gasteiger partial charge is 0.321 e. The summed E-state index contributed by atoms with van der Waals surface area (Å²) in [5, 5.41) is 4.59. The Morgan fingerprint density at radius 3 is 2.43 bits per heavy atom. The van der Waals surface area contributed by atoms with Crippen molar-refractivity contribution in [3.05, 3.63) is 46.2 Å². The van der Waals surface area contributed by atoms with Crippen molar-refractivity contribution in [1.29, 1.82) is 0 Å². The maximum atomic E-state index is 12.3. The summed E-state index contributed by atoms with van der Waals surface area (Å²) in [7, 11) is -3.64. The second kappa shape index (κ2) is 6.43. The van der Waals surface area contributed by atoms with Crippen LogP contribution in [-0.4, -0.2) is 19.9 Å². The topological polar surface area (TPSA) is 75.3 Å². The molecule has 2 N–H and O–H groups in total. The molecule has 0 saturated carbocycles. The number of rotatable bonds is 4. The van der Waals surface area contributed by atoms with E-state index in [0.717, 1.165) is 5.56 Å². The maximum absolute atomic E-state index is 12.3. The summed E-state index contributed by atoms with van der Waals surface area (Å²) >= 11 is 1.35. The van der Waals surface area contributed by atoms with E-state index in [2.05, 4.69) is 10.0 Å². The Hall–Kier alpha value is -1.70. The first-order valence-corrected chi connectivity index (χ1v) is 9.44. The third-order valence-electron chi connectivity index (χ3n) is 2.91. The highest BCUT2D eigenvalue weighted by Crippen LogP contribution is 2.20. The normalized spacial score (nSPS) is 12.2. The quantitative estimate of drug-likeness (QED) is 0.886. The van der Waals surface area contributed by atoms with Crippen LogP contribution in [0, 0.1) is 6.92 Å². The molecule has 0 radical (unpaired) electrons. The van der Waals surface area contributed by atoms with Gasteiger partial charge in [0.05, 0.1) is 9.77 Å². The Morgan fingerprint density at radius 2 is 1.87 bits per heavy atom. The van der Waals surface area contributed by atoms with Crippen LogP contribution >= 0.6 is 11.3 Å². The van der Waals surface area contributed by atoms with Crippen molar-refractivity contribution in [1.82, 2.24) is 4.72 Å². The zero-order chi connectivity index (χ0) is 17.3. The van der Waals surface area contributed by atoms with Gasteiger partial charge < -0.3 is 5.32 Å². The van der Waals surface area contributed by atoms with Gasteiger partial charge in [-0.15, -0.1) is 11.3 Å². The number of carbonyl (C=O) groups excluding carboxylic acids is 1. The first-order valence-electron chi connectivity index (χ1n) is 7.08. The zero-order valence-corrected chi connectivity index (χ0v) is 15.1. The highest BCUT2D eigenvalue weighted by Gasteiger charge is 2.22. The van der Waals surface area contributed by atoms with Crippen LogP contribution in [0.15, 0.2) is 40.6 Å². The number of amides is 1. The average molecular weight is 352 g/mol. The van der Waals surface area contributed by atoms with E-state index in [0.29, 0.717) is 10.6 Å². The predicted molar refractivity (Wildman–Crippen MR) is 93.5 cm³/mol. The molecule has 0 aliphatic rings. The first-order chi connectivity index (χ1) is 10.6. The van der Waals surface area contributed by atoms with Gasteiger partial charge in [-0.2, -0.15) is 0 Å². The van der Waals surface area contributed by atoms with Crippen molar-refractivity contribution in [3.8, 4) is 0 Å². The van der Waals surface area contributed by atoms with Crippen LogP contribution in [0.3, 0.4) is 0 Å². The summed E-state index contributed by atoms with van der Waals surface area (Å²) in [6, 6.07) is 8.09. The van der Waals surface area contributed by atoms with Crippen LogP contribution in [0.25, 0.3) is 0 Å². The minimum absolute atomic E-state index is 0.119. The lowest BCUT2D eigenvalue weighted by Crippen LogP contribution is -2.40. The lowest BCUT2D eigenvalue weighted by Gasteiger charge is -2.20. The van der Waals surface area contributed by atoms with Crippen molar-refractivity contribution in [2.24, 2.45) is 0 Å². The third-order valence-corrected chi connectivity index (χ3v) is 5.68. The molecule has 0 atom stereocenters. The van der Waals surface area contributed by atoms with Crippen molar-refractivity contribution < 1.29 is 13.2 Å². The van der Waals surface area contributed by atoms with E-state index in [-0.39, 0.29) is 10.8 Å². The molecule has 7 heteroatoms. The molecule has 23 heavy (non-hydrogen) atoms. The number of hydrogen-bond donors (Lipinski definition) is 2. The van der Waals surface area contributed by atoms with Gasteiger partial charge in [0.2, 0.25) is 10.0 Å². The van der Waals surface area contributed by atoms with E-state index in [1.165, 1.54) is 23.5 Å². The summed E-state index contributed by atoms with van der Waals surface area (Å²) < 4.78 is 27.3. The first kappa shape index (κ1) is 17.7. The number of carbonyl (C=O) groups is 1. The van der Waals surface area contributed by atoms with Gasteiger partial charge in [0.1, 0.15) is 0 Å². The van der Waals surface area contributed by atoms with E-state index < -0.39 is 15.6 Å². The van der Waals surface area contributed by atoms with Crippen LogP contribution in [-0.2, 0) is 10.0 Å². The standard InChI is InChI=1S/C16H20N2O3S2/c1-11-8-9-22-14(11)15(19)17-12-6-5-7-13(10-12)23(20,21)18-16(2,3)4/h5-10,18H,1-4H3,(H,17,19). The van der Waals surface area contributed by atoms with E-state index in [1.54, 1.807) is 32.9 Å². The molecule has 1 aromatic carbocycles. The lowest BCUT2D eigenvalue weighted by atomic mass is 10.1. The number of nitrogens with one attached hydrogen (secondary N) is 2. The molecule has 124 valence electrons. The molecule has 2 aromatic rings. The van der Waals surface area contributed by atoms with Gasteiger partial charge in [0.25, 0.3) is 5.91 Å². The smallest absolute Gasteiger partial charge is 0.265 e. The van der Waals surface area contributed by atoms with Gasteiger partial charge in [-0.1, -0.05) is 6.07 Å². The monoisotopic (exact) mass is 352 g/mol. The Bertz CT molecular complexity index is 818. The van der Waals surface area contributed by atoms with Gasteiger partial charge in [-0.25, -0.2) is 13.1 Å². The van der Waals surface area contributed by atoms with Crippen LogP contribution in [0.5, 0.6) is 0 Å². The third kappa shape index (κ3) is 4.63. The highest BCUT2D eigenvalue weighted by molar-refractivity contribution is 7.89. The molecule has 0 bridgehead atoms. The van der Waals surface area contributed by atoms with E-state index >= 15 is 0 Å². The van der Waals surface area contributed by atoms with E-state index in [1.807, 2.05) is 18.4 Å². The Kier molecular flexibility index (Phi) is 4.93. The number of sulfonamides is 1. The molecule has 1 aromatic heterocycles. The molecular weight excluding hydrogens is 332 g/mol. The number of anilines is 1. The van der Waals surface area contributed by atoms with Gasteiger partial charge in [-0.3, -0.25) is 4.79 Å². The molecular formula is C16H20N2O3S2. The Labute approximate surface area is 140 Å². The van der Waals surface area contributed by atoms with E-state index in [9.17, 15) is 13.2 Å². The van der Waals surface area contributed by atoms with Crippen molar-refractivity contribution in [2.75, 3.05) is 5.32 Å². The second-order valence-corrected chi connectivity index (χ2v) is 8.87. The van der Waals surface area contributed by atoms with Gasteiger partial charge in [-0.05, 0) is 62.9 Å². The van der Waals surface area contributed by atoms with Gasteiger partial charge >= 0.3 is 0 Å². The van der Waals surface area contributed by atoms with Crippen molar-refractivity contribution >= 4 is 33.0 Å². The summed E-state index contributed by atoms with van der Waals surface area (Å²) in [6.45, 7) is 7.18. The fourth-order valence-electron chi connectivity index (χ4n) is 2.00. The molecule has 0 aliphatic carbocycles. The molecule has 0 spiro atoms. The SMILES string of the molecule is Cc1ccsc1C(=O)Nc1cccc(S(=O)(=O)NC(C)(C)C)c1. The summed E-state index contributed by atoms with van der Waals surface area (Å²) in [6.07, 6.45) is 0. The molecule has 1 amide bonds. The van der Waals surface area contributed by atoms with Gasteiger partial charge in [0, 0.05) is 11.2 Å². The van der Waals surface area contributed by atoms with Crippen LogP contribution < -0.4 is 10.0 Å². The van der Waals surface area contributed by atoms with E-state index in [4.69, 9.17) is 0 Å². The van der Waals surface area contributed by atoms with Crippen molar-refractivity contribution in [2.45, 2.75) is 38.1 Å². The fraction of sp³-hybridized carbons (Fsp3) is 0.312. The maximum Gasteiger partial charge on any atom is 0.265 e. The molecule has 0 fully saturated rings. The lowest BCUT2D eigenvalue weighted by molar-refractivity contribution is 0.103. The average Bonchev–Trinajstić information content (AvgIpc) is 2.82. The minimum Gasteiger partial charge on any atom is -0.321 e. The Morgan fingerprint density at radius 1 is 1.17 bits per heavy atom. The summed E-state index contributed by atoms with van der Waals surface area (Å²) in [5.41, 5.74) is 0.761. The fourth-order valence-corrected chi connectivity index (χ4v) is 4.28. The van der Waals surface area contributed by atoms with Crippen molar-refractivity contribution in [3.63, 3.8) is 0 Å². The molecule has 0 aliphatic heterocycles. The second-order valence-electron chi connectivity index (χ2n) is 6.27. The number of benzene rings is 1. The van der Waals surface area contributed by atoms with Crippen LogP contribution in [0.4, 0.5) is 5.69 Å². The number of thiophene rings is 1. The predicted octanol–water partition coefficient (Wildman–Crippen LogP) is 3.39. The minimum atomic E-state index is -3.64. The zero-order valence-electron chi connectivity index (χ0n) is 13.5.